The molecule has 0 aromatic heterocycles. The highest BCUT2D eigenvalue weighted by molar-refractivity contribution is 6.39. The maximum atomic E-state index is 5.66. The largest absolute Gasteiger partial charge is 0.398 e. The van der Waals surface area contributed by atoms with Gasteiger partial charge in [-0.3, -0.25) is 5.73 Å². The van der Waals surface area contributed by atoms with Crippen LogP contribution in [0.3, 0.4) is 0 Å². The fraction of sp³-hybridized carbons (Fsp3) is 0.200. The Labute approximate surface area is 68.7 Å². The maximum absolute atomic E-state index is 5.66. The summed E-state index contributed by atoms with van der Waals surface area (Å²) in [6, 6.07) is 0. The van der Waals surface area contributed by atoms with Gasteiger partial charge in [0.15, 0.2) is 0 Å². The molecule has 0 aromatic rings. The fourth-order valence-electron chi connectivity index (χ4n) is 0.599. The second-order valence-corrected chi connectivity index (χ2v) is 2.93. The van der Waals surface area contributed by atoms with Gasteiger partial charge in [0.1, 0.15) is 0 Å². The van der Waals surface area contributed by atoms with Gasteiger partial charge in [-0.1, -0.05) is 23.2 Å². The predicted molar refractivity (Wildman–Crippen MR) is 42.1 cm³/mol. The van der Waals surface area contributed by atoms with Crippen molar-refractivity contribution < 1.29 is 0 Å². The van der Waals surface area contributed by atoms with Gasteiger partial charge in [0.05, 0.1) is 10.7 Å². The molecule has 1 rings (SSSR count). The number of nitrogens with two attached hydrogens (primary N) is 2. The molecule has 0 spiro atoms. The number of hydrogen-bond acceptors (Lipinski definition) is 3. The van der Waals surface area contributed by atoms with Crippen LogP contribution >= 0.6 is 23.2 Å². The smallest absolute Gasteiger partial charge is 0.202 e. The van der Waals surface area contributed by atoms with E-state index in [1.54, 1.807) is 12.3 Å². The summed E-state index contributed by atoms with van der Waals surface area (Å²) in [5, 5.41) is 1.61. The zero-order chi connectivity index (χ0) is 7.78. The first-order valence-corrected chi connectivity index (χ1v) is 3.37. The van der Waals surface area contributed by atoms with Crippen LogP contribution in [0.1, 0.15) is 0 Å². The number of alkyl halides is 1. The van der Waals surface area contributed by atoms with Crippen molar-refractivity contribution in [2.45, 2.75) is 5.12 Å². The second kappa shape index (κ2) is 2.34. The molecule has 1 aliphatic rings. The number of hydrogen-bond donors (Lipinski definition) is 3. The van der Waals surface area contributed by atoms with Crippen LogP contribution in [-0.4, -0.2) is 5.12 Å². The van der Waals surface area contributed by atoms with Gasteiger partial charge in [0, 0.05) is 6.20 Å². The quantitative estimate of drug-likeness (QED) is 0.372. The Morgan fingerprint density at radius 2 is 2.20 bits per heavy atom. The first-order valence-electron chi connectivity index (χ1n) is 2.62. The molecule has 0 radical (unpaired) electrons. The van der Waals surface area contributed by atoms with Crippen LogP contribution in [0.25, 0.3) is 0 Å². The lowest BCUT2D eigenvalue weighted by molar-refractivity contribution is 0.634. The summed E-state index contributed by atoms with van der Waals surface area (Å²) in [4.78, 5) is 0. The Kier molecular flexibility index (Phi) is 1.81. The molecule has 0 fully saturated rings. The van der Waals surface area contributed by atoms with E-state index in [1.165, 1.54) is 0 Å². The van der Waals surface area contributed by atoms with Crippen molar-refractivity contribution in [1.29, 1.82) is 0 Å². The highest BCUT2D eigenvalue weighted by atomic mass is 35.5. The van der Waals surface area contributed by atoms with Gasteiger partial charge in [0.2, 0.25) is 5.12 Å². The van der Waals surface area contributed by atoms with E-state index in [0.29, 0.717) is 5.70 Å². The monoisotopic (exact) mass is 179 g/mol. The minimum Gasteiger partial charge on any atom is -0.398 e. The average Bonchev–Trinajstić information content (AvgIpc) is 1.83. The van der Waals surface area contributed by atoms with Crippen molar-refractivity contribution in [1.82, 2.24) is 5.32 Å². The molecule has 5 heteroatoms. The molecular weight excluding hydrogens is 173 g/mol. The Morgan fingerprint density at radius 3 is 2.60 bits per heavy atom. The van der Waals surface area contributed by atoms with E-state index in [9.17, 15) is 0 Å². The second-order valence-electron chi connectivity index (χ2n) is 1.96. The van der Waals surface area contributed by atoms with E-state index in [0.717, 1.165) is 0 Å². The molecule has 1 atom stereocenters. The summed E-state index contributed by atoms with van der Waals surface area (Å²) in [7, 11) is 0. The third-order valence-corrected chi connectivity index (χ3v) is 2.04. The maximum Gasteiger partial charge on any atom is 0.202 e. The first kappa shape index (κ1) is 7.72. The van der Waals surface area contributed by atoms with Crippen molar-refractivity contribution in [3.8, 4) is 0 Å². The van der Waals surface area contributed by atoms with E-state index in [-0.39, 0.29) is 5.03 Å². The van der Waals surface area contributed by atoms with Gasteiger partial charge in [-0.15, -0.1) is 0 Å². The van der Waals surface area contributed by atoms with Crippen molar-refractivity contribution in [2.24, 2.45) is 11.5 Å². The van der Waals surface area contributed by atoms with Gasteiger partial charge < -0.3 is 11.1 Å². The van der Waals surface area contributed by atoms with Crippen LogP contribution in [0.4, 0.5) is 0 Å². The minimum atomic E-state index is -1.24. The fourth-order valence-corrected chi connectivity index (χ4v) is 0.889. The molecule has 1 heterocycles. The van der Waals surface area contributed by atoms with Crippen LogP contribution in [-0.2, 0) is 0 Å². The molecule has 1 unspecified atom stereocenters. The van der Waals surface area contributed by atoms with Crippen LogP contribution in [0.5, 0.6) is 0 Å². The molecule has 0 amide bonds. The highest BCUT2D eigenvalue weighted by Crippen LogP contribution is 2.24. The number of dihydropyridines is 1. The van der Waals surface area contributed by atoms with Gasteiger partial charge >= 0.3 is 0 Å². The Balaban J connectivity index is 2.99. The Morgan fingerprint density at radius 1 is 1.60 bits per heavy atom. The Bertz CT molecular complexity index is 207. The van der Waals surface area contributed by atoms with Gasteiger partial charge in [-0.2, -0.15) is 0 Å². The zero-order valence-electron chi connectivity index (χ0n) is 5.07. The predicted octanol–water partition coefficient (Wildman–Crippen LogP) is 0.364. The normalized spacial score (nSPS) is 32.3. The van der Waals surface area contributed by atoms with Crippen molar-refractivity contribution in [3.63, 3.8) is 0 Å². The summed E-state index contributed by atoms with van der Waals surface area (Å²) in [5.41, 5.74) is 11.2. The van der Waals surface area contributed by atoms with Gasteiger partial charge in [-0.05, 0) is 6.08 Å². The number of allylic oxidation sites excluding steroid dienone is 1. The highest BCUT2D eigenvalue weighted by Gasteiger charge is 2.28. The lowest BCUT2D eigenvalue weighted by atomic mass is 10.3. The molecule has 0 saturated heterocycles. The molecule has 1 aliphatic heterocycles. The molecule has 0 saturated carbocycles. The summed E-state index contributed by atoms with van der Waals surface area (Å²) < 4.78 is 0. The van der Waals surface area contributed by atoms with Crippen LogP contribution in [0.2, 0.25) is 0 Å². The van der Waals surface area contributed by atoms with E-state index in [1.807, 2.05) is 0 Å². The van der Waals surface area contributed by atoms with Crippen molar-refractivity contribution >= 4 is 23.2 Å². The SMILES string of the molecule is NC1=C(Cl)C(N)(Cl)NC=C1. The standard InChI is InChI=1S/C5H7Cl2N3/c6-4-3(8)1-2-10-5(4,7)9/h1-2,10H,8-9H2. The van der Waals surface area contributed by atoms with Crippen molar-refractivity contribution in [3.05, 3.63) is 23.0 Å². The van der Waals surface area contributed by atoms with Crippen molar-refractivity contribution in [2.75, 3.05) is 0 Å². The third-order valence-electron chi connectivity index (χ3n) is 1.13. The molecule has 56 valence electrons. The minimum absolute atomic E-state index is 0.219. The molecule has 3 nitrogen and oxygen atoms in total. The number of halogens is 2. The van der Waals surface area contributed by atoms with Crippen LogP contribution in [0.15, 0.2) is 23.0 Å². The van der Waals surface area contributed by atoms with Gasteiger partial charge in [0.25, 0.3) is 0 Å². The van der Waals surface area contributed by atoms with Crippen LogP contribution in [0, 0.1) is 0 Å². The molecular formula is C5H7Cl2N3. The lowest BCUT2D eigenvalue weighted by Gasteiger charge is -2.25. The zero-order valence-corrected chi connectivity index (χ0v) is 6.58. The summed E-state index contributed by atoms with van der Waals surface area (Å²) >= 11 is 11.3. The van der Waals surface area contributed by atoms with E-state index < -0.39 is 5.12 Å². The molecule has 10 heavy (non-hydrogen) atoms. The topological polar surface area (TPSA) is 64.1 Å². The molecule has 0 aliphatic carbocycles. The number of nitrogens with one attached hydrogen (secondary N) is 1. The third kappa shape index (κ3) is 1.21. The van der Waals surface area contributed by atoms with Gasteiger partial charge in [-0.25, -0.2) is 0 Å². The summed E-state index contributed by atoms with van der Waals surface area (Å²) in [6.45, 7) is 0. The molecule has 0 aromatic carbocycles. The van der Waals surface area contributed by atoms with E-state index in [2.05, 4.69) is 5.32 Å². The molecule has 0 bridgehead atoms. The lowest BCUT2D eigenvalue weighted by Crippen LogP contribution is -2.48. The molecule has 5 N–H and O–H groups in total. The van der Waals surface area contributed by atoms with E-state index in [4.69, 9.17) is 34.7 Å². The number of rotatable bonds is 0. The van der Waals surface area contributed by atoms with E-state index >= 15 is 0 Å². The summed E-state index contributed by atoms with van der Waals surface area (Å²) in [5.74, 6) is 0. The Hall–Kier alpha value is -0.380. The average molecular weight is 180 g/mol. The first-order chi connectivity index (χ1) is 4.54. The summed E-state index contributed by atoms with van der Waals surface area (Å²) in [6.07, 6.45) is 3.14. The van der Waals surface area contributed by atoms with Crippen LogP contribution < -0.4 is 16.8 Å².